The van der Waals surface area contributed by atoms with Gasteiger partial charge in [0.2, 0.25) is 11.8 Å². The summed E-state index contributed by atoms with van der Waals surface area (Å²) in [5.41, 5.74) is 0.288. The topological polar surface area (TPSA) is 59.2 Å². The molecule has 1 atom stereocenters. The van der Waals surface area contributed by atoms with Crippen LogP contribution in [0, 0.1) is 0 Å². The van der Waals surface area contributed by atoms with Crippen LogP contribution in [0.4, 0.5) is 13.2 Å². The van der Waals surface area contributed by atoms with Crippen molar-refractivity contribution in [3.8, 4) is 11.5 Å². The molecule has 5 nitrogen and oxygen atoms in total. The number of alkyl halides is 3. The van der Waals surface area contributed by atoms with Crippen molar-refractivity contribution < 1.29 is 22.4 Å². The van der Waals surface area contributed by atoms with E-state index in [9.17, 15) is 18.0 Å². The summed E-state index contributed by atoms with van der Waals surface area (Å²) in [4.78, 5) is 14.5. The highest BCUT2D eigenvalue weighted by molar-refractivity contribution is 9.10. The third-order valence-corrected chi connectivity index (χ3v) is 5.58. The Kier molecular flexibility index (Phi) is 5.64. The average molecular weight is 480 g/mol. The van der Waals surface area contributed by atoms with Gasteiger partial charge in [-0.15, -0.1) is 10.2 Å². The fourth-order valence-corrected chi connectivity index (χ4v) is 3.72. The molecule has 1 aliphatic rings. The minimum Gasteiger partial charge on any atom is -0.420 e. The fourth-order valence-electron chi connectivity index (χ4n) is 3.46. The van der Waals surface area contributed by atoms with Gasteiger partial charge in [0.1, 0.15) is 0 Å². The second-order valence-electron chi connectivity index (χ2n) is 7.12. The number of hydrogen-bond donors (Lipinski definition) is 0. The maximum Gasteiger partial charge on any atom is 0.416 e. The Labute approximate surface area is 179 Å². The molecule has 1 aliphatic heterocycles. The van der Waals surface area contributed by atoms with Gasteiger partial charge in [-0.05, 0) is 61.4 Å². The van der Waals surface area contributed by atoms with Gasteiger partial charge >= 0.3 is 6.18 Å². The highest BCUT2D eigenvalue weighted by Crippen LogP contribution is 2.32. The third-order valence-electron chi connectivity index (χ3n) is 5.05. The molecule has 0 spiro atoms. The predicted octanol–water partition coefficient (Wildman–Crippen LogP) is 5.54. The summed E-state index contributed by atoms with van der Waals surface area (Å²) in [6.07, 6.45) is -2.81. The molecule has 1 fully saturated rings. The van der Waals surface area contributed by atoms with Crippen LogP contribution in [0.25, 0.3) is 11.5 Å². The van der Waals surface area contributed by atoms with Gasteiger partial charge in [-0.3, -0.25) is 4.79 Å². The van der Waals surface area contributed by atoms with Crippen LogP contribution < -0.4 is 0 Å². The summed E-state index contributed by atoms with van der Waals surface area (Å²) in [6.45, 7) is 1.09. The van der Waals surface area contributed by atoms with Crippen LogP contribution in [0.5, 0.6) is 0 Å². The molecular weight excluding hydrogens is 463 g/mol. The van der Waals surface area contributed by atoms with Crippen molar-refractivity contribution >= 4 is 21.8 Å². The summed E-state index contributed by atoms with van der Waals surface area (Å²) in [5.74, 6) is 0.372. The molecule has 2 heterocycles. The van der Waals surface area contributed by atoms with E-state index in [0.29, 0.717) is 30.1 Å². The molecule has 2 aromatic carbocycles. The molecule has 1 saturated heterocycles. The van der Waals surface area contributed by atoms with E-state index < -0.39 is 11.7 Å². The maximum atomic E-state index is 12.8. The van der Waals surface area contributed by atoms with Crippen LogP contribution >= 0.6 is 15.9 Å². The predicted molar refractivity (Wildman–Crippen MR) is 107 cm³/mol. The zero-order valence-corrected chi connectivity index (χ0v) is 17.3. The van der Waals surface area contributed by atoms with Crippen molar-refractivity contribution in [2.45, 2.75) is 24.9 Å². The van der Waals surface area contributed by atoms with E-state index in [0.717, 1.165) is 29.4 Å². The Morgan fingerprint density at radius 3 is 2.43 bits per heavy atom. The molecule has 0 saturated carbocycles. The molecule has 0 bridgehead atoms. The van der Waals surface area contributed by atoms with Crippen LogP contribution in [0.15, 0.2) is 57.4 Å². The van der Waals surface area contributed by atoms with Crippen molar-refractivity contribution in [3.05, 3.63) is 70.0 Å². The monoisotopic (exact) mass is 479 g/mol. The first-order chi connectivity index (χ1) is 14.3. The van der Waals surface area contributed by atoms with Gasteiger partial charge in [0.15, 0.2) is 0 Å². The van der Waals surface area contributed by atoms with Gasteiger partial charge in [-0.25, -0.2) is 0 Å². The van der Waals surface area contributed by atoms with Crippen molar-refractivity contribution in [3.63, 3.8) is 0 Å². The molecular formula is C21H17BrF3N3O2. The number of halogens is 4. The molecule has 0 aliphatic carbocycles. The zero-order valence-electron chi connectivity index (χ0n) is 15.7. The quantitative estimate of drug-likeness (QED) is 0.494. The van der Waals surface area contributed by atoms with Crippen LogP contribution in [0.2, 0.25) is 0 Å². The summed E-state index contributed by atoms with van der Waals surface area (Å²) >= 11 is 3.36. The molecule has 1 unspecified atom stereocenters. The van der Waals surface area contributed by atoms with Crippen LogP contribution in [0.3, 0.4) is 0 Å². The van der Waals surface area contributed by atoms with Crippen molar-refractivity contribution in [2.75, 3.05) is 13.1 Å². The van der Waals surface area contributed by atoms with Crippen LogP contribution in [-0.4, -0.2) is 34.1 Å². The van der Waals surface area contributed by atoms with E-state index in [1.807, 2.05) is 12.1 Å². The first-order valence-electron chi connectivity index (χ1n) is 9.37. The summed E-state index contributed by atoms with van der Waals surface area (Å²) < 4.78 is 44.8. The van der Waals surface area contributed by atoms with E-state index in [1.54, 1.807) is 17.0 Å². The van der Waals surface area contributed by atoms with Gasteiger partial charge in [-0.2, -0.15) is 13.2 Å². The second-order valence-corrected chi connectivity index (χ2v) is 8.03. The van der Waals surface area contributed by atoms with E-state index in [1.165, 1.54) is 12.1 Å². The van der Waals surface area contributed by atoms with Gasteiger partial charge in [0.25, 0.3) is 5.91 Å². The average Bonchev–Trinajstić information content (AvgIpc) is 3.24. The molecule has 30 heavy (non-hydrogen) atoms. The minimum atomic E-state index is -4.40. The lowest BCUT2D eigenvalue weighted by Crippen LogP contribution is -2.39. The number of carbonyl (C=O) groups excluding carboxylic acids is 1. The van der Waals surface area contributed by atoms with Crippen LogP contribution in [-0.2, 0) is 6.18 Å². The molecule has 0 N–H and O–H groups in total. The Morgan fingerprint density at radius 2 is 1.77 bits per heavy atom. The Bertz CT molecular complexity index is 1030. The van der Waals surface area contributed by atoms with Crippen molar-refractivity contribution in [1.29, 1.82) is 0 Å². The number of hydrogen-bond acceptors (Lipinski definition) is 4. The SMILES string of the molecule is O=C(c1ccc(Br)cc1)N1CCCC(c2nnc(-c3ccc(C(F)(F)F)cc3)o2)C1. The number of likely N-dealkylation sites (tertiary alicyclic amines) is 1. The summed E-state index contributed by atoms with van der Waals surface area (Å²) in [7, 11) is 0. The Balaban J connectivity index is 1.48. The minimum absolute atomic E-state index is 0.0605. The lowest BCUT2D eigenvalue weighted by atomic mass is 9.97. The number of piperidine rings is 1. The van der Waals surface area contributed by atoms with E-state index in [4.69, 9.17) is 4.42 Å². The number of rotatable bonds is 3. The van der Waals surface area contributed by atoms with Gasteiger partial charge in [0, 0.05) is 28.7 Å². The largest absolute Gasteiger partial charge is 0.420 e. The molecule has 156 valence electrons. The third kappa shape index (κ3) is 4.40. The first-order valence-corrected chi connectivity index (χ1v) is 10.2. The first kappa shape index (κ1) is 20.6. The highest BCUT2D eigenvalue weighted by atomic mass is 79.9. The van der Waals surface area contributed by atoms with Gasteiger partial charge in [-0.1, -0.05) is 15.9 Å². The van der Waals surface area contributed by atoms with E-state index >= 15 is 0 Å². The normalized spacial score (nSPS) is 17.2. The zero-order chi connectivity index (χ0) is 21.3. The maximum absolute atomic E-state index is 12.8. The molecule has 1 aromatic heterocycles. The molecule has 3 aromatic rings. The summed E-state index contributed by atoms with van der Waals surface area (Å²) in [6, 6.07) is 11.8. The highest BCUT2D eigenvalue weighted by Gasteiger charge is 2.31. The number of benzene rings is 2. The van der Waals surface area contributed by atoms with E-state index in [2.05, 4.69) is 26.1 Å². The van der Waals surface area contributed by atoms with E-state index in [-0.39, 0.29) is 17.7 Å². The Hall–Kier alpha value is -2.68. The second kappa shape index (κ2) is 8.22. The number of amides is 1. The smallest absolute Gasteiger partial charge is 0.416 e. The standard InChI is InChI=1S/C21H17BrF3N3O2/c22-17-9-5-14(6-10-17)20(29)28-11-1-2-15(12-28)19-27-26-18(30-19)13-3-7-16(8-4-13)21(23,24)25/h3-10,15H,1-2,11-12H2. The van der Waals surface area contributed by atoms with Crippen molar-refractivity contribution in [2.24, 2.45) is 0 Å². The molecule has 9 heteroatoms. The Morgan fingerprint density at radius 1 is 1.07 bits per heavy atom. The molecule has 4 rings (SSSR count). The summed E-state index contributed by atoms with van der Waals surface area (Å²) in [5, 5.41) is 8.07. The number of aromatic nitrogens is 2. The lowest BCUT2D eigenvalue weighted by Gasteiger charge is -2.31. The lowest BCUT2D eigenvalue weighted by molar-refractivity contribution is -0.137. The van der Waals surface area contributed by atoms with Crippen LogP contribution in [0.1, 0.15) is 40.6 Å². The fraction of sp³-hybridized carbons (Fsp3) is 0.286. The molecule has 0 radical (unpaired) electrons. The number of nitrogens with zero attached hydrogens (tertiary/aromatic N) is 3. The molecule has 1 amide bonds. The van der Waals surface area contributed by atoms with Gasteiger partial charge < -0.3 is 9.32 Å². The van der Waals surface area contributed by atoms with Gasteiger partial charge in [0.05, 0.1) is 11.5 Å². The van der Waals surface area contributed by atoms with Crippen molar-refractivity contribution in [1.82, 2.24) is 15.1 Å². The number of carbonyl (C=O) groups is 1.